The number of ether oxygens (including phenoxy) is 2. The molecule has 0 spiro atoms. The molecule has 1 aromatic carbocycles. The maximum Gasteiger partial charge on any atom is 0.143 e. The molecule has 4 heteroatoms. The van der Waals surface area contributed by atoms with Crippen LogP contribution in [0.15, 0.2) is 18.2 Å². The molecule has 19 heavy (non-hydrogen) atoms. The molecule has 1 heterocycles. The summed E-state index contributed by atoms with van der Waals surface area (Å²) in [5.41, 5.74) is 0.956. The maximum absolute atomic E-state index is 8.11. The van der Waals surface area contributed by atoms with Crippen LogP contribution in [-0.4, -0.2) is 25.6 Å². The minimum atomic E-state index is 0.627. The Morgan fingerprint density at radius 3 is 2.63 bits per heavy atom. The van der Waals surface area contributed by atoms with Crippen LogP contribution in [-0.2, 0) is 0 Å². The SMILES string of the molecule is CCOc1ccc(OCC)c(N2CCCCC2=N)c1. The summed E-state index contributed by atoms with van der Waals surface area (Å²) >= 11 is 0. The summed E-state index contributed by atoms with van der Waals surface area (Å²) in [6.45, 7) is 6.10. The number of anilines is 1. The van der Waals surface area contributed by atoms with Gasteiger partial charge in [0, 0.05) is 19.0 Å². The van der Waals surface area contributed by atoms with Crippen molar-refractivity contribution in [2.45, 2.75) is 33.1 Å². The fourth-order valence-corrected chi connectivity index (χ4v) is 2.34. The van der Waals surface area contributed by atoms with Gasteiger partial charge in [-0.15, -0.1) is 0 Å². The highest BCUT2D eigenvalue weighted by Gasteiger charge is 2.20. The summed E-state index contributed by atoms with van der Waals surface area (Å²) in [7, 11) is 0. The number of amidine groups is 1. The van der Waals surface area contributed by atoms with Gasteiger partial charge in [-0.1, -0.05) is 0 Å². The molecule has 0 aromatic heterocycles. The highest BCUT2D eigenvalue weighted by molar-refractivity contribution is 5.97. The highest BCUT2D eigenvalue weighted by Crippen LogP contribution is 2.34. The van der Waals surface area contributed by atoms with E-state index in [1.807, 2.05) is 36.9 Å². The summed E-state index contributed by atoms with van der Waals surface area (Å²) in [5, 5.41) is 8.11. The number of hydrogen-bond acceptors (Lipinski definition) is 3. The molecule has 1 saturated heterocycles. The molecule has 0 amide bonds. The van der Waals surface area contributed by atoms with E-state index in [0.29, 0.717) is 19.0 Å². The Hall–Kier alpha value is -1.71. The lowest BCUT2D eigenvalue weighted by Gasteiger charge is -2.31. The van der Waals surface area contributed by atoms with Crippen LogP contribution in [0.4, 0.5) is 5.69 Å². The summed E-state index contributed by atoms with van der Waals surface area (Å²) in [6.07, 6.45) is 3.06. The molecule has 0 unspecified atom stereocenters. The first-order valence-corrected chi connectivity index (χ1v) is 7.00. The number of nitrogens with zero attached hydrogens (tertiary/aromatic N) is 1. The van der Waals surface area contributed by atoms with Gasteiger partial charge in [0.1, 0.15) is 17.3 Å². The minimum Gasteiger partial charge on any atom is -0.494 e. The van der Waals surface area contributed by atoms with Crippen molar-refractivity contribution in [3.05, 3.63) is 18.2 Å². The molecule has 1 fully saturated rings. The molecule has 1 aliphatic heterocycles. The Bertz CT molecular complexity index is 446. The van der Waals surface area contributed by atoms with E-state index in [0.717, 1.165) is 43.0 Å². The molecule has 104 valence electrons. The first-order valence-electron chi connectivity index (χ1n) is 7.00. The van der Waals surface area contributed by atoms with E-state index >= 15 is 0 Å². The van der Waals surface area contributed by atoms with Crippen molar-refractivity contribution >= 4 is 11.5 Å². The molecule has 0 aliphatic carbocycles. The third-order valence-corrected chi connectivity index (χ3v) is 3.20. The Balaban J connectivity index is 2.32. The summed E-state index contributed by atoms with van der Waals surface area (Å²) in [6, 6.07) is 5.84. The zero-order valence-electron chi connectivity index (χ0n) is 11.7. The molecule has 1 N–H and O–H groups in total. The van der Waals surface area contributed by atoms with Crippen LogP contribution >= 0.6 is 0 Å². The number of rotatable bonds is 5. The van der Waals surface area contributed by atoms with Gasteiger partial charge < -0.3 is 14.4 Å². The van der Waals surface area contributed by atoms with Gasteiger partial charge in [0.2, 0.25) is 0 Å². The van der Waals surface area contributed by atoms with Crippen LogP contribution in [0.3, 0.4) is 0 Å². The Morgan fingerprint density at radius 1 is 1.16 bits per heavy atom. The van der Waals surface area contributed by atoms with Crippen molar-refractivity contribution < 1.29 is 9.47 Å². The average molecular weight is 262 g/mol. The Morgan fingerprint density at radius 2 is 1.95 bits per heavy atom. The van der Waals surface area contributed by atoms with E-state index in [4.69, 9.17) is 14.9 Å². The van der Waals surface area contributed by atoms with Crippen LogP contribution in [0.25, 0.3) is 0 Å². The van der Waals surface area contributed by atoms with Gasteiger partial charge in [-0.2, -0.15) is 0 Å². The van der Waals surface area contributed by atoms with E-state index in [9.17, 15) is 0 Å². The second kappa shape index (κ2) is 6.45. The van der Waals surface area contributed by atoms with Gasteiger partial charge in [-0.3, -0.25) is 5.41 Å². The fourth-order valence-electron chi connectivity index (χ4n) is 2.34. The largest absolute Gasteiger partial charge is 0.494 e. The molecular weight excluding hydrogens is 240 g/mol. The molecular formula is C15H22N2O2. The van der Waals surface area contributed by atoms with Crippen molar-refractivity contribution in [3.63, 3.8) is 0 Å². The Kier molecular flexibility index (Phi) is 4.66. The predicted molar refractivity (Wildman–Crippen MR) is 77.7 cm³/mol. The van der Waals surface area contributed by atoms with Crippen molar-refractivity contribution in [2.24, 2.45) is 0 Å². The summed E-state index contributed by atoms with van der Waals surface area (Å²) in [5.74, 6) is 2.33. The third kappa shape index (κ3) is 3.19. The van der Waals surface area contributed by atoms with E-state index in [1.54, 1.807) is 0 Å². The zero-order valence-corrected chi connectivity index (χ0v) is 11.7. The summed E-state index contributed by atoms with van der Waals surface area (Å²) < 4.78 is 11.2. The molecule has 0 atom stereocenters. The van der Waals surface area contributed by atoms with Crippen LogP contribution in [0.5, 0.6) is 11.5 Å². The van der Waals surface area contributed by atoms with Gasteiger partial charge in [0.25, 0.3) is 0 Å². The molecule has 2 rings (SSSR count). The van der Waals surface area contributed by atoms with E-state index in [-0.39, 0.29) is 0 Å². The van der Waals surface area contributed by atoms with Crippen LogP contribution in [0.1, 0.15) is 33.1 Å². The second-order valence-electron chi connectivity index (χ2n) is 4.55. The minimum absolute atomic E-state index is 0.627. The molecule has 1 aliphatic rings. The maximum atomic E-state index is 8.11. The van der Waals surface area contributed by atoms with Crippen LogP contribution < -0.4 is 14.4 Å². The van der Waals surface area contributed by atoms with Crippen LogP contribution in [0, 0.1) is 5.41 Å². The summed E-state index contributed by atoms with van der Waals surface area (Å²) in [4.78, 5) is 2.04. The van der Waals surface area contributed by atoms with Gasteiger partial charge in [-0.05, 0) is 38.8 Å². The number of piperidine rings is 1. The van der Waals surface area contributed by atoms with Crippen molar-refractivity contribution in [2.75, 3.05) is 24.7 Å². The number of nitrogens with one attached hydrogen (secondary N) is 1. The molecule has 1 aromatic rings. The molecule has 0 saturated carbocycles. The number of benzene rings is 1. The standard InChI is InChI=1S/C15H22N2O2/c1-3-18-12-8-9-14(19-4-2)13(11-12)17-10-6-5-7-15(17)16/h8-9,11,16H,3-7,10H2,1-2H3. The molecule has 0 radical (unpaired) electrons. The monoisotopic (exact) mass is 262 g/mol. The lowest BCUT2D eigenvalue weighted by molar-refractivity contribution is 0.331. The quantitative estimate of drug-likeness (QED) is 0.884. The lowest BCUT2D eigenvalue weighted by Crippen LogP contribution is -2.35. The van der Waals surface area contributed by atoms with Gasteiger partial charge >= 0.3 is 0 Å². The molecule has 4 nitrogen and oxygen atoms in total. The normalized spacial score (nSPS) is 15.5. The van der Waals surface area contributed by atoms with Gasteiger partial charge in [-0.25, -0.2) is 0 Å². The van der Waals surface area contributed by atoms with E-state index in [1.165, 1.54) is 0 Å². The number of hydrogen-bond donors (Lipinski definition) is 1. The van der Waals surface area contributed by atoms with Crippen molar-refractivity contribution in [1.29, 1.82) is 5.41 Å². The van der Waals surface area contributed by atoms with Crippen molar-refractivity contribution in [3.8, 4) is 11.5 Å². The van der Waals surface area contributed by atoms with Gasteiger partial charge in [0.15, 0.2) is 0 Å². The second-order valence-corrected chi connectivity index (χ2v) is 4.55. The fraction of sp³-hybridized carbons (Fsp3) is 0.533. The Labute approximate surface area is 114 Å². The first kappa shape index (κ1) is 13.7. The molecule has 0 bridgehead atoms. The first-order chi connectivity index (χ1) is 9.26. The average Bonchev–Trinajstić information content (AvgIpc) is 2.42. The third-order valence-electron chi connectivity index (χ3n) is 3.20. The topological polar surface area (TPSA) is 45.6 Å². The predicted octanol–water partition coefficient (Wildman–Crippen LogP) is 3.45. The van der Waals surface area contributed by atoms with E-state index < -0.39 is 0 Å². The van der Waals surface area contributed by atoms with E-state index in [2.05, 4.69) is 0 Å². The zero-order chi connectivity index (χ0) is 13.7. The lowest BCUT2D eigenvalue weighted by atomic mass is 10.1. The smallest absolute Gasteiger partial charge is 0.143 e. The van der Waals surface area contributed by atoms with Crippen molar-refractivity contribution in [1.82, 2.24) is 0 Å². The van der Waals surface area contributed by atoms with Gasteiger partial charge in [0.05, 0.1) is 18.9 Å². The van der Waals surface area contributed by atoms with Crippen LogP contribution in [0.2, 0.25) is 0 Å². The highest BCUT2D eigenvalue weighted by atomic mass is 16.5.